The Balaban J connectivity index is 2.15. The SMILES string of the molecule is CCOC(=O)/C(O)=C(\Nc1ccccc1)SC=Cc1ccc(OCCN)c(O)c1. The highest BCUT2D eigenvalue weighted by Gasteiger charge is 2.16. The molecule has 0 saturated carbocycles. The summed E-state index contributed by atoms with van der Waals surface area (Å²) in [6, 6.07) is 14.1. The van der Waals surface area contributed by atoms with Crippen LogP contribution in [0, 0.1) is 0 Å². The average Bonchev–Trinajstić information content (AvgIpc) is 2.73. The van der Waals surface area contributed by atoms with E-state index in [-0.39, 0.29) is 17.4 Å². The van der Waals surface area contributed by atoms with E-state index in [1.54, 1.807) is 48.7 Å². The number of thioether (sulfide) groups is 1. The first-order chi connectivity index (χ1) is 14.0. The molecular weight excluding hydrogens is 392 g/mol. The Morgan fingerprint density at radius 3 is 2.66 bits per heavy atom. The van der Waals surface area contributed by atoms with Crippen LogP contribution in [0.25, 0.3) is 6.08 Å². The van der Waals surface area contributed by atoms with Gasteiger partial charge in [-0.3, -0.25) is 0 Å². The first-order valence-corrected chi connectivity index (χ1v) is 9.84. The van der Waals surface area contributed by atoms with Crippen molar-refractivity contribution in [3.8, 4) is 11.5 Å². The van der Waals surface area contributed by atoms with Gasteiger partial charge in [-0.25, -0.2) is 4.79 Å². The molecule has 0 saturated heterocycles. The first kappa shape index (κ1) is 22.2. The molecule has 0 amide bonds. The van der Waals surface area contributed by atoms with Crippen LogP contribution in [0.15, 0.2) is 64.7 Å². The van der Waals surface area contributed by atoms with Gasteiger partial charge in [0, 0.05) is 12.2 Å². The highest BCUT2D eigenvalue weighted by Crippen LogP contribution is 2.29. The molecule has 0 fully saturated rings. The topological polar surface area (TPSA) is 114 Å². The van der Waals surface area contributed by atoms with E-state index >= 15 is 0 Å². The van der Waals surface area contributed by atoms with Crippen LogP contribution >= 0.6 is 11.8 Å². The van der Waals surface area contributed by atoms with E-state index in [0.717, 1.165) is 11.8 Å². The summed E-state index contributed by atoms with van der Waals surface area (Å²) >= 11 is 1.11. The van der Waals surface area contributed by atoms with Crippen LogP contribution in [0.2, 0.25) is 0 Å². The van der Waals surface area contributed by atoms with Gasteiger partial charge in [0.15, 0.2) is 11.5 Å². The van der Waals surface area contributed by atoms with Crippen molar-refractivity contribution in [2.45, 2.75) is 6.92 Å². The molecule has 2 aromatic rings. The molecule has 0 atom stereocenters. The summed E-state index contributed by atoms with van der Waals surface area (Å²) in [5.41, 5.74) is 6.81. The Labute approximate surface area is 173 Å². The minimum atomic E-state index is -0.814. The van der Waals surface area contributed by atoms with Crippen LogP contribution in [0.4, 0.5) is 5.69 Å². The zero-order chi connectivity index (χ0) is 21.1. The molecule has 8 heteroatoms. The molecule has 29 heavy (non-hydrogen) atoms. The van der Waals surface area contributed by atoms with Crippen molar-refractivity contribution in [1.29, 1.82) is 0 Å². The maximum atomic E-state index is 11.9. The Morgan fingerprint density at radius 2 is 2.00 bits per heavy atom. The van der Waals surface area contributed by atoms with Gasteiger partial charge >= 0.3 is 5.97 Å². The summed E-state index contributed by atoms with van der Waals surface area (Å²) in [5.74, 6) is -0.978. The molecule has 0 unspecified atom stereocenters. The van der Waals surface area contributed by atoms with Crippen molar-refractivity contribution >= 4 is 29.5 Å². The van der Waals surface area contributed by atoms with Gasteiger partial charge in [0.25, 0.3) is 0 Å². The fourth-order valence-electron chi connectivity index (χ4n) is 2.20. The van der Waals surface area contributed by atoms with Gasteiger partial charge in [-0.1, -0.05) is 36.0 Å². The molecule has 0 heterocycles. The summed E-state index contributed by atoms with van der Waals surface area (Å²) in [6.07, 6.45) is 1.72. The largest absolute Gasteiger partial charge is 0.504 e. The van der Waals surface area contributed by atoms with Gasteiger partial charge in [0.05, 0.1) is 6.61 Å². The molecule has 2 aromatic carbocycles. The molecule has 0 aliphatic rings. The molecule has 0 aliphatic carbocycles. The zero-order valence-electron chi connectivity index (χ0n) is 16.0. The summed E-state index contributed by atoms with van der Waals surface area (Å²) in [5, 5.41) is 25.2. The number of benzene rings is 2. The number of ether oxygens (including phenoxy) is 2. The number of carbonyl (C=O) groups is 1. The van der Waals surface area contributed by atoms with Crippen molar-refractivity contribution in [1.82, 2.24) is 0 Å². The first-order valence-electron chi connectivity index (χ1n) is 8.96. The quantitative estimate of drug-likeness (QED) is 0.262. The number of para-hydroxylation sites is 1. The van der Waals surface area contributed by atoms with Crippen LogP contribution in [-0.2, 0) is 9.53 Å². The molecule has 0 spiro atoms. The Bertz CT molecular complexity index is 869. The maximum absolute atomic E-state index is 11.9. The number of aliphatic hydroxyl groups excluding tert-OH is 1. The molecule has 0 bridgehead atoms. The molecule has 5 N–H and O–H groups in total. The van der Waals surface area contributed by atoms with Crippen LogP contribution < -0.4 is 15.8 Å². The van der Waals surface area contributed by atoms with Gasteiger partial charge in [0.1, 0.15) is 11.6 Å². The number of hydrogen-bond acceptors (Lipinski definition) is 8. The summed E-state index contributed by atoms with van der Waals surface area (Å²) < 4.78 is 10.2. The van der Waals surface area contributed by atoms with Crippen molar-refractivity contribution in [2.75, 3.05) is 25.1 Å². The lowest BCUT2D eigenvalue weighted by molar-refractivity contribution is -0.141. The summed E-state index contributed by atoms with van der Waals surface area (Å²) in [6.45, 7) is 2.48. The number of esters is 1. The molecule has 2 rings (SSSR count). The number of carbonyl (C=O) groups excluding carboxylic acids is 1. The van der Waals surface area contributed by atoms with Gasteiger partial charge in [0.2, 0.25) is 5.76 Å². The number of hydrogen-bond donors (Lipinski definition) is 4. The molecular formula is C21H24N2O5S. The Hall–Kier alpha value is -3.10. The van der Waals surface area contributed by atoms with E-state index in [1.807, 2.05) is 18.2 Å². The fraction of sp³-hybridized carbons (Fsp3) is 0.190. The average molecular weight is 416 g/mol. The smallest absolute Gasteiger partial charge is 0.376 e. The Kier molecular flexibility index (Phi) is 8.94. The molecule has 0 radical (unpaired) electrons. The van der Waals surface area contributed by atoms with Crippen LogP contribution in [-0.4, -0.2) is 35.9 Å². The predicted molar refractivity (Wildman–Crippen MR) is 116 cm³/mol. The van der Waals surface area contributed by atoms with Crippen molar-refractivity contribution in [3.05, 3.63) is 70.3 Å². The lowest BCUT2D eigenvalue weighted by atomic mass is 10.2. The third-order valence-electron chi connectivity index (χ3n) is 3.52. The van der Waals surface area contributed by atoms with Crippen LogP contribution in [0.1, 0.15) is 12.5 Å². The van der Waals surface area contributed by atoms with E-state index < -0.39 is 11.7 Å². The molecule has 0 aromatic heterocycles. The van der Waals surface area contributed by atoms with E-state index in [2.05, 4.69) is 5.32 Å². The number of phenolic OH excluding ortho intramolecular Hbond substituents is 1. The van der Waals surface area contributed by atoms with Gasteiger partial charge < -0.3 is 30.7 Å². The second-order valence-electron chi connectivity index (χ2n) is 5.67. The number of nitrogens with two attached hydrogens (primary N) is 1. The third-order valence-corrected chi connectivity index (χ3v) is 4.32. The van der Waals surface area contributed by atoms with Crippen molar-refractivity contribution in [2.24, 2.45) is 5.73 Å². The van der Waals surface area contributed by atoms with E-state index in [1.165, 1.54) is 0 Å². The second kappa shape index (κ2) is 11.7. The predicted octanol–water partition coefficient (Wildman–Crippen LogP) is 3.84. The van der Waals surface area contributed by atoms with Gasteiger partial charge in [-0.05, 0) is 48.2 Å². The minimum Gasteiger partial charge on any atom is -0.504 e. The number of aromatic hydroxyl groups is 1. The van der Waals surface area contributed by atoms with Crippen molar-refractivity contribution in [3.63, 3.8) is 0 Å². The zero-order valence-corrected chi connectivity index (χ0v) is 16.8. The standard InChI is InChI=1S/C21H24N2O5S/c1-2-27-21(26)19(25)20(23-16-6-4-3-5-7-16)29-13-10-15-8-9-18(17(24)14-15)28-12-11-22/h3-10,13-14,23-25H,2,11-12,22H2,1H3/b13-10?,20-19-. The lowest BCUT2D eigenvalue weighted by Crippen LogP contribution is -2.12. The number of nitrogens with one attached hydrogen (secondary N) is 1. The van der Waals surface area contributed by atoms with Crippen molar-refractivity contribution < 1.29 is 24.5 Å². The van der Waals surface area contributed by atoms with Crippen LogP contribution in [0.5, 0.6) is 11.5 Å². The maximum Gasteiger partial charge on any atom is 0.376 e. The monoisotopic (exact) mass is 416 g/mol. The van der Waals surface area contributed by atoms with E-state index in [4.69, 9.17) is 15.2 Å². The normalized spacial score (nSPS) is 11.8. The minimum absolute atomic E-state index is 0.00172. The third kappa shape index (κ3) is 7.10. The Morgan fingerprint density at radius 1 is 1.24 bits per heavy atom. The van der Waals surface area contributed by atoms with Gasteiger partial charge in [-0.2, -0.15) is 0 Å². The fourth-order valence-corrected chi connectivity index (χ4v) is 2.93. The van der Waals surface area contributed by atoms with Crippen LogP contribution in [0.3, 0.4) is 0 Å². The summed E-state index contributed by atoms with van der Waals surface area (Å²) in [7, 11) is 0. The van der Waals surface area contributed by atoms with Gasteiger partial charge in [-0.15, -0.1) is 0 Å². The molecule has 7 nitrogen and oxygen atoms in total. The summed E-state index contributed by atoms with van der Waals surface area (Å²) in [4.78, 5) is 11.9. The number of phenols is 1. The molecule has 0 aliphatic heterocycles. The number of aliphatic hydroxyl groups is 1. The number of rotatable bonds is 10. The van der Waals surface area contributed by atoms with E-state index in [0.29, 0.717) is 30.2 Å². The molecule has 154 valence electrons. The highest BCUT2D eigenvalue weighted by atomic mass is 32.2. The van der Waals surface area contributed by atoms with E-state index in [9.17, 15) is 15.0 Å². The number of anilines is 1. The highest BCUT2D eigenvalue weighted by molar-refractivity contribution is 8.06. The lowest BCUT2D eigenvalue weighted by Gasteiger charge is -2.11. The second-order valence-corrected chi connectivity index (χ2v) is 6.59.